The fourth-order valence-electron chi connectivity index (χ4n) is 2.46. The maximum Gasteiger partial charge on any atom is 0.0649 e. The molecule has 2 aromatic rings. The number of halogens is 1. The van der Waals surface area contributed by atoms with Crippen molar-refractivity contribution in [2.45, 2.75) is 31.8 Å². The molecule has 2 atom stereocenters. The topological polar surface area (TPSA) is 20.2 Å². The number of rotatable bonds is 5. The molecular formula is C17H19ClO. The summed E-state index contributed by atoms with van der Waals surface area (Å²) in [6.45, 7) is 2.10. The van der Waals surface area contributed by atoms with Crippen LogP contribution in [0.4, 0.5) is 0 Å². The second-order valence-electron chi connectivity index (χ2n) is 4.79. The first kappa shape index (κ1) is 14.1. The van der Waals surface area contributed by atoms with Gasteiger partial charge in [-0.1, -0.05) is 67.1 Å². The van der Waals surface area contributed by atoms with Gasteiger partial charge in [-0.15, -0.1) is 0 Å². The van der Waals surface area contributed by atoms with E-state index in [1.807, 2.05) is 42.5 Å². The van der Waals surface area contributed by atoms with Gasteiger partial charge in [-0.2, -0.15) is 0 Å². The number of aliphatic hydroxyl groups is 1. The molecule has 0 spiro atoms. The van der Waals surface area contributed by atoms with Gasteiger partial charge < -0.3 is 5.11 Å². The fraction of sp³-hybridized carbons (Fsp3) is 0.294. The third-order valence-corrected chi connectivity index (χ3v) is 3.89. The quantitative estimate of drug-likeness (QED) is 0.855. The largest absolute Gasteiger partial charge is 0.392 e. The molecule has 0 aliphatic rings. The van der Waals surface area contributed by atoms with E-state index in [1.165, 1.54) is 5.56 Å². The van der Waals surface area contributed by atoms with Crippen molar-refractivity contribution < 1.29 is 5.11 Å². The molecule has 19 heavy (non-hydrogen) atoms. The van der Waals surface area contributed by atoms with Crippen LogP contribution < -0.4 is 0 Å². The second kappa shape index (κ2) is 6.74. The summed E-state index contributed by atoms with van der Waals surface area (Å²) in [5.74, 6) is 0.150. The molecule has 0 bridgehead atoms. The van der Waals surface area contributed by atoms with Crippen LogP contribution in [0.15, 0.2) is 54.6 Å². The van der Waals surface area contributed by atoms with Crippen molar-refractivity contribution in [1.29, 1.82) is 0 Å². The minimum Gasteiger partial charge on any atom is -0.392 e. The standard InChI is InChI=1S/C17H19ClO/c1-2-15(13-8-4-3-5-9-13)17(19)12-14-10-6-7-11-16(14)18/h3-11,15,17,19H,2,12H2,1H3. The van der Waals surface area contributed by atoms with Crippen molar-refractivity contribution in [3.63, 3.8) is 0 Å². The zero-order chi connectivity index (χ0) is 13.7. The summed E-state index contributed by atoms with van der Waals surface area (Å²) in [7, 11) is 0. The monoisotopic (exact) mass is 274 g/mol. The zero-order valence-electron chi connectivity index (χ0n) is 11.1. The molecule has 0 amide bonds. The van der Waals surface area contributed by atoms with Crippen LogP contribution in [0.1, 0.15) is 30.4 Å². The van der Waals surface area contributed by atoms with Gasteiger partial charge in [-0.25, -0.2) is 0 Å². The molecule has 100 valence electrons. The Kier molecular flexibility index (Phi) is 5.00. The Labute approximate surface area is 119 Å². The van der Waals surface area contributed by atoms with E-state index in [9.17, 15) is 5.11 Å². The Balaban J connectivity index is 2.14. The molecule has 0 saturated heterocycles. The number of hydrogen-bond donors (Lipinski definition) is 1. The molecule has 0 aromatic heterocycles. The molecule has 0 aliphatic heterocycles. The highest BCUT2D eigenvalue weighted by Crippen LogP contribution is 2.27. The SMILES string of the molecule is CCC(c1ccccc1)C(O)Cc1ccccc1Cl. The summed E-state index contributed by atoms with van der Waals surface area (Å²) in [5, 5.41) is 11.2. The van der Waals surface area contributed by atoms with Crippen LogP contribution in [-0.4, -0.2) is 11.2 Å². The Morgan fingerprint density at radius 1 is 1.00 bits per heavy atom. The highest BCUT2D eigenvalue weighted by Gasteiger charge is 2.20. The van der Waals surface area contributed by atoms with E-state index >= 15 is 0 Å². The highest BCUT2D eigenvalue weighted by molar-refractivity contribution is 6.31. The van der Waals surface area contributed by atoms with Crippen LogP contribution in [-0.2, 0) is 6.42 Å². The van der Waals surface area contributed by atoms with Crippen LogP contribution in [0.3, 0.4) is 0 Å². The van der Waals surface area contributed by atoms with E-state index in [1.54, 1.807) is 0 Å². The van der Waals surface area contributed by atoms with Crippen LogP contribution >= 0.6 is 11.6 Å². The minimum atomic E-state index is -0.410. The molecule has 2 aromatic carbocycles. The molecule has 0 radical (unpaired) electrons. The lowest BCUT2D eigenvalue weighted by atomic mass is 9.88. The third kappa shape index (κ3) is 3.59. The molecule has 1 N–H and O–H groups in total. The van der Waals surface area contributed by atoms with Gasteiger partial charge in [0.2, 0.25) is 0 Å². The average molecular weight is 275 g/mol. The Bertz CT molecular complexity index is 510. The predicted octanol–water partition coefficient (Wildman–Crippen LogP) is 4.44. The summed E-state index contributed by atoms with van der Waals surface area (Å²) < 4.78 is 0. The van der Waals surface area contributed by atoms with Crippen LogP contribution in [0, 0.1) is 0 Å². The third-order valence-electron chi connectivity index (χ3n) is 3.52. The van der Waals surface area contributed by atoms with Crippen LogP contribution in [0.25, 0.3) is 0 Å². The number of benzene rings is 2. The molecule has 1 nitrogen and oxygen atoms in total. The van der Waals surface area contributed by atoms with Crippen molar-refractivity contribution in [2.24, 2.45) is 0 Å². The van der Waals surface area contributed by atoms with Crippen molar-refractivity contribution in [3.8, 4) is 0 Å². The van der Waals surface area contributed by atoms with Crippen molar-refractivity contribution in [1.82, 2.24) is 0 Å². The average Bonchev–Trinajstić information content (AvgIpc) is 2.43. The van der Waals surface area contributed by atoms with Gasteiger partial charge in [-0.05, 0) is 23.6 Å². The van der Waals surface area contributed by atoms with Gasteiger partial charge >= 0.3 is 0 Å². The summed E-state index contributed by atoms with van der Waals surface area (Å²) in [4.78, 5) is 0. The summed E-state index contributed by atoms with van der Waals surface area (Å²) in [6, 6.07) is 17.9. The molecular weight excluding hydrogens is 256 g/mol. The smallest absolute Gasteiger partial charge is 0.0649 e. The summed E-state index contributed by atoms with van der Waals surface area (Å²) >= 11 is 6.15. The summed E-state index contributed by atoms with van der Waals surface area (Å²) in [6.07, 6.45) is 1.09. The van der Waals surface area contributed by atoms with E-state index in [4.69, 9.17) is 11.6 Å². The normalized spacial score (nSPS) is 14.1. The molecule has 0 saturated carbocycles. The lowest BCUT2D eigenvalue weighted by Crippen LogP contribution is -2.20. The first-order valence-corrected chi connectivity index (χ1v) is 7.06. The van der Waals surface area contributed by atoms with Gasteiger partial charge in [0.1, 0.15) is 0 Å². The number of aliphatic hydroxyl groups excluding tert-OH is 1. The Hall–Kier alpha value is -1.31. The molecule has 0 heterocycles. The van der Waals surface area contributed by atoms with Gasteiger partial charge in [0, 0.05) is 17.4 Å². The van der Waals surface area contributed by atoms with Crippen molar-refractivity contribution in [2.75, 3.05) is 0 Å². The second-order valence-corrected chi connectivity index (χ2v) is 5.20. The summed E-state index contributed by atoms with van der Waals surface area (Å²) in [5.41, 5.74) is 2.19. The maximum absolute atomic E-state index is 10.5. The molecule has 2 unspecified atom stereocenters. The molecule has 0 aliphatic carbocycles. The van der Waals surface area contributed by atoms with Crippen molar-refractivity contribution >= 4 is 11.6 Å². The lowest BCUT2D eigenvalue weighted by molar-refractivity contribution is 0.141. The van der Waals surface area contributed by atoms with Gasteiger partial charge in [0.15, 0.2) is 0 Å². The van der Waals surface area contributed by atoms with Gasteiger partial charge in [0.05, 0.1) is 6.10 Å². The van der Waals surface area contributed by atoms with E-state index in [0.29, 0.717) is 6.42 Å². The first-order valence-electron chi connectivity index (χ1n) is 6.68. The molecule has 2 heteroatoms. The highest BCUT2D eigenvalue weighted by atomic mass is 35.5. The van der Waals surface area contributed by atoms with E-state index in [0.717, 1.165) is 17.0 Å². The van der Waals surface area contributed by atoms with Gasteiger partial charge in [0.25, 0.3) is 0 Å². The predicted molar refractivity (Wildman–Crippen MR) is 80.6 cm³/mol. The Morgan fingerprint density at radius 2 is 1.63 bits per heavy atom. The van der Waals surface area contributed by atoms with Crippen LogP contribution in [0.2, 0.25) is 5.02 Å². The molecule has 0 fully saturated rings. The first-order chi connectivity index (χ1) is 9.22. The van der Waals surface area contributed by atoms with E-state index in [2.05, 4.69) is 19.1 Å². The van der Waals surface area contributed by atoms with Crippen LogP contribution in [0.5, 0.6) is 0 Å². The minimum absolute atomic E-state index is 0.150. The Morgan fingerprint density at radius 3 is 2.26 bits per heavy atom. The number of hydrogen-bond acceptors (Lipinski definition) is 1. The van der Waals surface area contributed by atoms with E-state index in [-0.39, 0.29) is 5.92 Å². The van der Waals surface area contributed by atoms with Crippen molar-refractivity contribution in [3.05, 3.63) is 70.7 Å². The maximum atomic E-state index is 10.5. The lowest BCUT2D eigenvalue weighted by Gasteiger charge is -2.22. The fourth-order valence-corrected chi connectivity index (χ4v) is 2.67. The molecule has 2 rings (SSSR count). The van der Waals surface area contributed by atoms with Gasteiger partial charge in [-0.3, -0.25) is 0 Å². The van der Waals surface area contributed by atoms with E-state index < -0.39 is 6.10 Å². The zero-order valence-corrected chi connectivity index (χ0v) is 11.8.